The van der Waals surface area contributed by atoms with Crippen LogP contribution in [-0.4, -0.2) is 18.1 Å². The lowest BCUT2D eigenvalue weighted by Crippen LogP contribution is -2.37. The molecule has 0 bridgehead atoms. The predicted molar refractivity (Wildman–Crippen MR) is 64.5 cm³/mol. The van der Waals surface area contributed by atoms with Gasteiger partial charge in [-0.15, -0.1) is 0 Å². The molecule has 0 N–H and O–H groups in total. The van der Waals surface area contributed by atoms with Gasteiger partial charge in [0.25, 0.3) is 0 Å². The highest BCUT2D eigenvalue weighted by Crippen LogP contribution is 2.32. The fourth-order valence-electron chi connectivity index (χ4n) is 1.96. The molecule has 2 rings (SSSR count). The molecule has 1 saturated heterocycles. The van der Waals surface area contributed by atoms with Gasteiger partial charge in [-0.2, -0.15) is 0 Å². The molecule has 2 heterocycles. The molecule has 0 spiro atoms. The van der Waals surface area contributed by atoms with E-state index in [0.717, 1.165) is 13.1 Å². The van der Waals surface area contributed by atoms with Crippen LogP contribution in [0.2, 0.25) is 5.15 Å². The minimum atomic E-state index is 0.493. The third kappa shape index (κ3) is 2.63. The Hall–Kier alpha value is -0.760. The summed E-state index contributed by atoms with van der Waals surface area (Å²) >= 11 is 5.88. The number of nitrogens with zero attached hydrogens (tertiary/aromatic N) is 2. The van der Waals surface area contributed by atoms with Gasteiger partial charge < -0.3 is 4.90 Å². The molecule has 15 heavy (non-hydrogen) atoms. The Labute approximate surface area is 96.3 Å². The van der Waals surface area contributed by atoms with Crippen molar-refractivity contribution >= 4 is 17.3 Å². The van der Waals surface area contributed by atoms with Gasteiger partial charge in [0.05, 0.1) is 0 Å². The van der Waals surface area contributed by atoms with Crippen molar-refractivity contribution in [3.05, 3.63) is 23.5 Å². The molecule has 0 aliphatic carbocycles. The zero-order chi connectivity index (χ0) is 10.9. The summed E-state index contributed by atoms with van der Waals surface area (Å²) in [5, 5.41) is 0.581. The number of pyridine rings is 1. The van der Waals surface area contributed by atoms with E-state index in [0.29, 0.717) is 10.6 Å². The molecule has 0 radical (unpaired) electrons. The van der Waals surface area contributed by atoms with Crippen molar-refractivity contribution in [3.63, 3.8) is 0 Å². The molecule has 1 aromatic rings. The highest BCUT2D eigenvalue weighted by molar-refractivity contribution is 6.29. The summed E-state index contributed by atoms with van der Waals surface area (Å²) in [5.74, 6) is 0. The number of piperidine rings is 1. The van der Waals surface area contributed by atoms with Crippen LogP contribution < -0.4 is 4.90 Å². The number of rotatable bonds is 1. The van der Waals surface area contributed by atoms with Gasteiger partial charge >= 0.3 is 0 Å². The largest absolute Gasteiger partial charge is 0.371 e. The standard InChI is InChI=1S/C12H17ClN2/c1-12(2)4-7-15(8-5-12)10-3-6-14-11(13)9-10/h3,6,9H,4-5,7-8H2,1-2H3. The average molecular weight is 225 g/mol. The van der Waals surface area contributed by atoms with Crippen LogP contribution in [0.5, 0.6) is 0 Å². The van der Waals surface area contributed by atoms with Crippen molar-refractivity contribution in [2.24, 2.45) is 5.41 Å². The Morgan fingerprint density at radius 3 is 2.60 bits per heavy atom. The van der Waals surface area contributed by atoms with Crippen LogP contribution in [0.4, 0.5) is 5.69 Å². The van der Waals surface area contributed by atoms with E-state index in [9.17, 15) is 0 Å². The summed E-state index contributed by atoms with van der Waals surface area (Å²) < 4.78 is 0. The molecule has 3 heteroatoms. The summed E-state index contributed by atoms with van der Waals surface area (Å²) in [5.41, 5.74) is 1.69. The number of hydrogen-bond donors (Lipinski definition) is 0. The van der Waals surface area contributed by atoms with Gasteiger partial charge in [0, 0.05) is 25.0 Å². The molecule has 1 aliphatic rings. The number of hydrogen-bond acceptors (Lipinski definition) is 2. The minimum Gasteiger partial charge on any atom is -0.371 e. The number of halogens is 1. The van der Waals surface area contributed by atoms with E-state index in [1.807, 2.05) is 12.1 Å². The van der Waals surface area contributed by atoms with Crippen LogP contribution in [0.15, 0.2) is 18.3 Å². The summed E-state index contributed by atoms with van der Waals surface area (Å²) in [6.07, 6.45) is 4.26. The molecular weight excluding hydrogens is 208 g/mol. The molecule has 0 unspecified atom stereocenters. The van der Waals surface area contributed by atoms with Crippen molar-refractivity contribution < 1.29 is 0 Å². The van der Waals surface area contributed by atoms with E-state index >= 15 is 0 Å². The lowest BCUT2D eigenvalue weighted by atomic mass is 9.82. The normalized spacial score (nSPS) is 20.3. The van der Waals surface area contributed by atoms with E-state index < -0.39 is 0 Å². The van der Waals surface area contributed by atoms with Crippen LogP contribution >= 0.6 is 11.6 Å². The first-order valence-corrected chi connectivity index (χ1v) is 5.81. The van der Waals surface area contributed by atoms with Gasteiger partial charge in [-0.3, -0.25) is 0 Å². The second-order valence-corrected chi connectivity index (χ2v) is 5.38. The van der Waals surface area contributed by atoms with Crippen LogP contribution in [-0.2, 0) is 0 Å². The van der Waals surface area contributed by atoms with E-state index in [-0.39, 0.29) is 0 Å². The summed E-state index contributed by atoms with van der Waals surface area (Å²) in [7, 11) is 0. The number of aromatic nitrogens is 1. The van der Waals surface area contributed by atoms with Gasteiger partial charge in [-0.25, -0.2) is 4.98 Å². The SMILES string of the molecule is CC1(C)CCN(c2ccnc(Cl)c2)CC1. The topological polar surface area (TPSA) is 16.1 Å². The lowest BCUT2D eigenvalue weighted by molar-refractivity contribution is 0.280. The quantitative estimate of drug-likeness (QED) is 0.680. The summed E-state index contributed by atoms with van der Waals surface area (Å²) in [6.45, 7) is 6.91. The van der Waals surface area contributed by atoms with Crippen LogP contribution in [0.1, 0.15) is 26.7 Å². The zero-order valence-electron chi connectivity index (χ0n) is 9.33. The molecule has 0 aromatic carbocycles. The molecule has 2 nitrogen and oxygen atoms in total. The van der Waals surface area contributed by atoms with E-state index in [1.165, 1.54) is 18.5 Å². The van der Waals surface area contributed by atoms with Crippen LogP contribution in [0.25, 0.3) is 0 Å². The Bertz CT molecular complexity index is 339. The Balaban J connectivity index is 2.08. The second kappa shape index (κ2) is 4.01. The van der Waals surface area contributed by atoms with E-state index in [2.05, 4.69) is 23.7 Å². The molecule has 0 amide bonds. The summed E-state index contributed by atoms with van der Waals surface area (Å²) in [6, 6.07) is 3.98. The highest BCUT2D eigenvalue weighted by Gasteiger charge is 2.25. The second-order valence-electron chi connectivity index (χ2n) is 4.99. The van der Waals surface area contributed by atoms with Crippen molar-refractivity contribution in [2.45, 2.75) is 26.7 Å². The van der Waals surface area contributed by atoms with Crippen molar-refractivity contribution in [2.75, 3.05) is 18.0 Å². The maximum Gasteiger partial charge on any atom is 0.131 e. The maximum atomic E-state index is 5.88. The molecule has 0 saturated carbocycles. The van der Waals surface area contributed by atoms with Crippen molar-refractivity contribution in [1.82, 2.24) is 4.98 Å². The van der Waals surface area contributed by atoms with Crippen molar-refractivity contribution in [1.29, 1.82) is 0 Å². The molecule has 1 fully saturated rings. The lowest BCUT2D eigenvalue weighted by Gasteiger charge is -2.38. The summed E-state index contributed by atoms with van der Waals surface area (Å²) in [4.78, 5) is 6.39. The van der Waals surface area contributed by atoms with Gasteiger partial charge in [-0.1, -0.05) is 25.4 Å². The van der Waals surface area contributed by atoms with E-state index in [4.69, 9.17) is 11.6 Å². The molecule has 0 atom stereocenters. The first kappa shape index (κ1) is 10.7. The average Bonchev–Trinajstić information content (AvgIpc) is 2.17. The molecular formula is C12H17ClN2. The van der Waals surface area contributed by atoms with Gasteiger partial charge in [0.2, 0.25) is 0 Å². The van der Waals surface area contributed by atoms with Gasteiger partial charge in [-0.05, 0) is 30.4 Å². The van der Waals surface area contributed by atoms with Crippen LogP contribution in [0, 0.1) is 5.41 Å². The monoisotopic (exact) mass is 224 g/mol. The maximum absolute atomic E-state index is 5.88. The van der Waals surface area contributed by atoms with Gasteiger partial charge in [0.15, 0.2) is 0 Å². The highest BCUT2D eigenvalue weighted by atomic mass is 35.5. The fraction of sp³-hybridized carbons (Fsp3) is 0.583. The van der Waals surface area contributed by atoms with E-state index in [1.54, 1.807) is 6.20 Å². The first-order valence-electron chi connectivity index (χ1n) is 5.43. The Kier molecular flexibility index (Phi) is 2.87. The third-order valence-corrected chi connectivity index (χ3v) is 3.40. The van der Waals surface area contributed by atoms with Crippen LogP contribution in [0.3, 0.4) is 0 Å². The van der Waals surface area contributed by atoms with Crippen molar-refractivity contribution in [3.8, 4) is 0 Å². The van der Waals surface area contributed by atoms with Gasteiger partial charge in [0.1, 0.15) is 5.15 Å². The molecule has 82 valence electrons. The Morgan fingerprint density at radius 1 is 1.33 bits per heavy atom. The first-order chi connectivity index (χ1) is 7.07. The molecule has 1 aliphatic heterocycles. The number of anilines is 1. The third-order valence-electron chi connectivity index (χ3n) is 3.19. The predicted octanol–water partition coefficient (Wildman–Crippen LogP) is 3.36. The minimum absolute atomic E-state index is 0.493. The fourth-order valence-corrected chi connectivity index (χ4v) is 2.13. The zero-order valence-corrected chi connectivity index (χ0v) is 10.1. The smallest absolute Gasteiger partial charge is 0.131 e. The Morgan fingerprint density at radius 2 is 2.00 bits per heavy atom. The molecule has 1 aromatic heterocycles.